The molecule has 0 spiro atoms. The maximum absolute atomic E-state index is 13.3. The first kappa shape index (κ1) is 15.7. The van der Waals surface area contributed by atoms with Crippen molar-refractivity contribution in [1.82, 2.24) is 0 Å². The van der Waals surface area contributed by atoms with Crippen molar-refractivity contribution in [3.8, 4) is 11.5 Å². The summed E-state index contributed by atoms with van der Waals surface area (Å²) in [6.07, 6.45) is 0. The molecule has 0 amide bonds. The minimum atomic E-state index is -0.729. The van der Waals surface area contributed by atoms with Crippen molar-refractivity contribution in [2.75, 3.05) is 14.2 Å². The van der Waals surface area contributed by atoms with Crippen molar-refractivity contribution in [2.45, 2.75) is 6.04 Å². The summed E-state index contributed by atoms with van der Waals surface area (Å²) >= 11 is 3.37. The molecule has 1 atom stereocenters. The van der Waals surface area contributed by atoms with Crippen LogP contribution in [0.25, 0.3) is 0 Å². The van der Waals surface area contributed by atoms with Gasteiger partial charge >= 0.3 is 0 Å². The number of ether oxygens (including phenoxy) is 2. The maximum atomic E-state index is 13.3. The van der Waals surface area contributed by atoms with Gasteiger partial charge in [-0.25, -0.2) is 8.78 Å². The summed E-state index contributed by atoms with van der Waals surface area (Å²) in [6, 6.07) is 5.88. The molecule has 0 aliphatic rings. The van der Waals surface area contributed by atoms with Crippen molar-refractivity contribution >= 4 is 15.9 Å². The van der Waals surface area contributed by atoms with Gasteiger partial charge < -0.3 is 15.2 Å². The Morgan fingerprint density at radius 3 is 2.19 bits per heavy atom. The van der Waals surface area contributed by atoms with Gasteiger partial charge in [-0.3, -0.25) is 0 Å². The Bertz CT molecular complexity index is 644. The van der Waals surface area contributed by atoms with Crippen LogP contribution in [0.3, 0.4) is 0 Å². The fourth-order valence-electron chi connectivity index (χ4n) is 2.10. The van der Waals surface area contributed by atoms with Crippen LogP contribution in [0.1, 0.15) is 17.2 Å². The second-order valence-corrected chi connectivity index (χ2v) is 5.18. The van der Waals surface area contributed by atoms with Gasteiger partial charge in [0.15, 0.2) is 0 Å². The summed E-state index contributed by atoms with van der Waals surface area (Å²) in [6.45, 7) is 0. The molecule has 0 saturated heterocycles. The van der Waals surface area contributed by atoms with E-state index in [0.29, 0.717) is 27.1 Å². The Balaban J connectivity index is 2.52. The first-order valence-electron chi connectivity index (χ1n) is 6.10. The Labute approximate surface area is 129 Å². The van der Waals surface area contributed by atoms with E-state index >= 15 is 0 Å². The van der Waals surface area contributed by atoms with Gasteiger partial charge in [-0.05, 0) is 45.8 Å². The molecule has 0 aliphatic heterocycles. The standard InChI is InChI=1S/C15H14BrF2NO2/c1-20-12-4-3-11(15(21-2)13(12)16)14(19)8-5-9(17)7-10(18)6-8/h3-7,14H,19H2,1-2H3. The van der Waals surface area contributed by atoms with E-state index in [1.165, 1.54) is 26.4 Å². The van der Waals surface area contributed by atoms with Crippen LogP contribution in [-0.2, 0) is 0 Å². The average Bonchev–Trinajstić information content (AvgIpc) is 2.45. The van der Waals surface area contributed by atoms with Crippen LogP contribution < -0.4 is 15.2 Å². The molecule has 0 aromatic heterocycles. The zero-order valence-corrected chi connectivity index (χ0v) is 13.1. The zero-order valence-electron chi connectivity index (χ0n) is 11.5. The molecule has 21 heavy (non-hydrogen) atoms. The van der Waals surface area contributed by atoms with E-state index in [-0.39, 0.29) is 0 Å². The monoisotopic (exact) mass is 357 g/mol. The largest absolute Gasteiger partial charge is 0.495 e. The molecule has 0 heterocycles. The van der Waals surface area contributed by atoms with Gasteiger partial charge in [0.05, 0.1) is 20.3 Å². The normalized spacial score (nSPS) is 12.1. The quantitative estimate of drug-likeness (QED) is 0.905. The Hall–Kier alpha value is -1.66. The number of halogens is 3. The lowest BCUT2D eigenvalue weighted by Crippen LogP contribution is -2.14. The molecule has 6 heteroatoms. The Kier molecular flexibility index (Phi) is 4.80. The fraction of sp³-hybridized carbons (Fsp3) is 0.200. The lowest BCUT2D eigenvalue weighted by molar-refractivity contribution is 0.385. The van der Waals surface area contributed by atoms with Crippen LogP contribution in [-0.4, -0.2) is 14.2 Å². The van der Waals surface area contributed by atoms with Crippen LogP contribution in [0.4, 0.5) is 8.78 Å². The first-order valence-corrected chi connectivity index (χ1v) is 6.89. The predicted molar refractivity (Wildman–Crippen MR) is 79.6 cm³/mol. The summed E-state index contributed by atoms with van der Waals surface area (Å²) in [5.74, 6) is -0.307. The highest BCUT2D eigenvalue weighted by atomic mass is 79.9. The zero-order chi connectivity index (χ0) is 15.6. The van der Waals surface area contributed by atoms with Crippen molar-refractivity contribution < 1.29 is 18.3 Å². The Morgan fingerprint density at radius 1 is 1.05 bits per heavy atom. The fourth-order valence-corrected chi connectivity index (χ4v) is 2.78. The van der Waals surface area contributed by atoms with E-state index in [2.05, 4.69) is 15.9 Å². The van der Waals surface area contributed by atoms with Gasteiger partial charge in [0.25, 0.3) is 0 Å². The molecule has 3 nitrogen and oxygen atoms in total. The topological polar surface area (TPSA) is 44.5 Å². The number of nitrogens with two attached hydrogens (primary N) is 1. The van der Waals surface area contributed by atoms with Gasteiger partial charge in [0, 0.05) is 11.6 Å². The second kappa shape index (κ2) is 6.41. The average molecular weight is 358 g/mol. The van der Waals surface area contributed by atoms with E-state index < -0.39 is 17.7 Å². The predicted octanol–water partition coefficient (Wildman–Crippen LogP) is 3.79. The van der Waals surface area contributed by atoms with Gasteiger partial charge in [0.1, 0.15) is 27.6 Å². The molecule has 2 N–H and O–H groups in total. The van der Waals surface area contributed by atoms with Crippen molar-refractivity contribution in [2.24, 2.45) is 5.73 Å². The molecular weight excluding hydrogens is 344 g/mol. The minimum absolute atomic E-state index is 0.322. The van der Waals surface area contributed by atoms with Gasteiger partial charge in [-0.1, -0.05) is 0 Å². The van der Waals surface area contributed by atoms with Gasteiger partial charge in [-0.2, -0.15) is 0 Å². The van der Waals surface area contributed by atoms with E-state index in [1.807, 2.05) is 0 Å². The highest BCUT2D eigenvalue weighted by Gasteiger charge is 2.20. The first-order chi connectivity index (χ1) is 9.97. The molecule has 1 unspecified atom stereocenters. The molecule has 112 valence electrons. The van der Waals surface area contributed by atoms with Crippen LogP contribution in [0.2, 0.25) is 0 Å². The Morgan fingerprint density at radius 2 is 1.67 bits per heavy atom. The summed E-state index contributed by atoms with van der Waals surface area (Å²) in [4.78, 5) is 0. The molecule has 2 rings (SSSR count). The molecule has 0 bridgehead atoms. The third-order valence-corrected chi connectivity index (χ3v) is 3.85. The highest BCUT2D eigenvalue weighted by molar-refractivity contribution is 9.10. The van der Waals surface area contributed by atoms with Crippen LogP contribution in [0.5, 0.6) is 11.5 Å². The summed E-state index contributed by atoms with van der Waals surface area (Å²) in [5, 5.41) is 0. The third-order valence-electron chi connectivity index (χ3n) is 3.10. The number of hydrogen-bond donors (Lipinski definition) is 1. The second-order valence-electron chi connectivity index (χ2n) is 4.38. The molecule has 0 aliphatic carbocycles. The van der Waals surface area contributed by atoms with E-state index in [4.69, 9.17) is 15.2 Å². The molecule has 0 saturated carbocycles. The number of hydrogen-bond acceptors (Lipinski definition) is 3. The number of methoxy groups -OCH3 is 2. The summed E-state index contributed by atoms with van der Waals surface area (Å²) in [5.41, 5.74) is 7.03. The van der Waals surface area contributed by atoms with Crippen LogP contribution in [0.15, 0.2) is 34.8 Å². The lowest BCUT2D eigenvalue weighted by atomic mass is 9.98. The molecule has 0 radical (unpaired) electrons. The van der Waals surface area contributed by atoms with E-state index in [1.54, 1.807) is 12.1 Å². The van der Waals surface area contributed by atoms with Crippen molar-refractivity contribution in [3.05, 3.63) is 57.6 Å². The number of benzene rings is 2. The molecule has 2 aromatic rings. The highest BCUT2D eigenvalue weighted by Crippen LogP contribution is 2.40. The van der Waals surface area contributed by atoms with E-state index in [0.717, 1.165) is 6.07 Å². The molecule has 2 aromatic carbocycles. The lowest BCUT2D eigenvalue weighted by Gasteiger charge is -2.19. The smallest absolute Gasteiger partial charge is 0.141 e. The summed E-state index contributed by atoms with van der Waals surface area (Å²) in [7, 11) is 3.02. The number of rotatable bonds is 4. The van der Waals surface area contributed by atoms with Crippen molar-refractivity contribution in [1.29, 1.82) is 0 Å². The van der Waals surface area contributed by atoms with Crippen LogP contribution >= 0.6 is 15.9 Å². The molecule has 0 fully saturated rings. The van der Waals surface area contributed by atoms with Crippen LogP contribution in [0, 0.1) is 11.6 Å². The maximum Gasteiger partial charge on any atom is 0.141 e. The minimum Gasteiger partial charge on any atom is -0.495 e. The van der Waals surface area contributed by atoms with Crippen molar-refractivity contribution in [3.63, 3.8) is 0 Å². The van der Waals surface area contributed by atoms with Gasteiger partial charge in [-0.15, -0.1) is 0 Å². The SMILES string of the molecule is COc1ccc(C(N)c2cc(F)cc(F)c2)c(OC)c1Br. The summed E-state index contributed by atoms with van der Waals surface area (Å²) < 4.78 is 37.8. The molecular formula is C15H14BrF2NO2. The third kappa shape index (κ3) is 3.16. The van der Waals surface area contributed by atoms with Gasteiger partial charge in [0.2, 0.25) is 0 Å². The van der Waals surface area contributed by atoms with E-state index in [9.17, 15) is 8.78 Å².